The lowest BCUT2D eigenvalue weighted by Crippen LogP contribution is -2.04. The summed E-state index contributed by atoms with van der Waals surface area (Å²) >= 11 is 0. The van der Waals surface area contributed by atoms with Crippen molar-refractivity contribution in [1.82, 2.24) is 0 Å². The van der Waals surface area contributed by atoms with Gasteiger partial charge in [-0.3, -0.25) is 0 Å². The number of rotatable bonds is 5. The topological polar surface area (TPSA) is 72.2 Å². The van der Waals surface area contributed by atoms with Crippen LogP contribution in [0.25, 0.3) is 0 Å². The largest absolute Gasteiger partial charge is 0.397 e. The van der Waals surface area contributed by atoms with Crippen molar-refractivity contribution in [2.75, 3.05) is 17.3 Å². The molecule has 2 aromatic rings. The Kier molecular flexibility index (Phi) is 4.53. The van der Waals surface area contributed by atoms with Crippen molar-refractivity contribution >= 4 is 21.2 Å². The van der Waals surface area contributed by atoms with Gasteiger partial charge < -0.3 is 11.1 Å². The molecule has 3 N–H and O–H groups in total. The zero-order valence-electron chi connectivity index (χ0n) is 12.3. The maximum atomic E-state index is 11.5. The van der Waals surface area contributed by atoms with E-state index in [1.165, 1.54) is 17.9 Å². The van der Waals surface area contributed by atoms with E-state index in [1.807, 2.05) is 0 Å². The van der Waals surface area contributed by atoms with Crippen LogP contribution in [0.15, 0.2) is 47.4 Å². The molecule has 2 aromatic carbocycles. The molecule has 0 fully saturated rings. The molecule has 0 aromatic heterocycles. The molecule has 0 amide bonds. The van der Waals surface area contributed by atoms with Crippen LogP contribution in [0.1, 0.15) is 18.1 Å². The number of nitrogen functional groups attached to an aromatic ring is 1. The molecule has 0 atom stereocenters. The maximum absolute atomic E-state index is 11.5. The van der Waals surface area contributed by atoms with Gasteiger partial charge in [0, 0.05) is 12.8 Å². The van der Waals surface area contributed by atoms with Gasteiger partial charge in [0.15, 0.2) is 9.84 Å². The number of hydrogen-bond donors (Lipinski definition) is 2. The van der Waals surface area contributed by atoms with Gasteiger partial charge in [0.1, 0.15) is 0 Å². The third-order valence-corrected chi connectivity index (χ3v) is 4.48. The van der Waals surface area contributed by atoms with E-state index in [0.29, 0.717) is 12.2 Å². The van der Waals surface area contributed by atoms with Crippen LogP contribution in [0, 0.1) is 0 Å². The molecule has 21 heavy (non-hydrogen) atoms. The van der Waals surface area contributed by atoms with Crippen molar-refractivity contribution in [1.29, 1.82) is 0 Å². The second kappa shape index (κ2) is 6.18. The van der Waals surface area contributed by atoms with Crippen molar-refractivity contribution in [2.24, 2.45) is 0 Å². The van der Waals surface area contributed by atoms with Crippen molar-refractivity contribution in [3.05, 3.63) is 53.6 Å². The van der Waals surface area contributed by atoms with E-state index in [0.717, 1.165) is 17.7 Å². The second-order valence-electron chi connectivity index (χ2n) is 5.04. The highest BCUT2D eigenvalue weighted by atomic mass is 32.2. The Morgan fingerprint density at radius 3 is 2.19 bits per heavy atom. The molecule has 112 valence electrons. The van der Waals surface area contributed by atoms with Crippen molar-refractivity contribution < 1.29 is 8.42 Å². The highest BCUT2D eigenvalue weighted by molar-refractivity contribution is 7.90. The molecule has 4 nitrogen and oxygen atoms in total. The van der Waals surface area contributed by atoms with Crippen LogP contribution in [0.2, 0.25) is 0 Å². The molecule has 0 heterocycles. The van der Waals surface area contributed by atoms with Crippen molar-refractivity contribution in [3.8, 4) is 0 Å². The van der Waals surface area contributed by atoms with Crippen LogP contribution >= 0.6 is 0 Å². The van der Waals surface area contributed by atoms with Crippen molar-refractivity contribution in [2.45, 2.75) is 24.8 Å². The summed E-state index contributed by atoms with van der Waals surface area (Å²) in [6.07, 6.45) is 2.19. The fourth-order valence-corrected chi connectivity index (χ4v) is 2.68. The molecule has 0 saturated heterocycles. The SMILES string of the molecule is CCc1ccc(CNc2ccc(S(C)(=O)=O)cc2N)cc1. The van der Waals surface area contributed by atoms with Crippen LogP contribution in [-0.4, -0.2) is 14.7 Å². The molecule has 2 rings (SSSR count). The first-order valence-electron chi connectivity index (χ1n) is 6.81. The second-order valence-corrected chi connectivity index (χ2v) is 7.06. The normalized spacial score (nSPS) is 11.3. The number of aryl methyl sites for hydroxylation is 1. The van der Waals surface area contributed by atoms with E-state index in [-0.39, 0.29) is 4.90 Å². The first-order chi connectivity index (χ1) is 9.90. The molecule has 0 radical (unpaired) electrons. The summed E-state index contributed by atoms with van der Waals surface area (Å²) in [7, 11) is -3.22. The predicted molar refractivity (Wildman–Crippen MR) is 87.1 cm³/mol. The zero-order valence-corrected chi connectivity index (χ0v) is 13.1. The van der Waals surface area contributed by atoms with Gasteiger partial charge in [-0.25, -0.2) is 8.42 Å². The first kappa shape index (κ1) is 15.4. The molecule has 0 saturated carbocycles. The fraction of sp³-hybridized carbons (Fsp3) is 0.250. The van der Waals surface area contributed by atoms with E-state index < -0.39 is 9.84 Å². The number of hydrogen-bond acceptors (Lipinski definition) is 4. The summed E-state index contributed by atoms with van der Waals surface area (Å²) < 4.78 is 22.9. The standard InChI is InChI=1S/C16H20N2O2S/c1-3-12-4-6-13(7-5-12)11-18-16-9-8-14(10-15(16)17)21(2,19)20/h4-10,18H,3,11,17H2,1-2H3. The van der Waals surface area contributed by atoms with Gasteiger partial charge in [0.25, 0.3) is 0 Å². The quantitative estimate of drug-likeness (QED) is 0.833. The highest BCUT2D eigenvalue weighted by Gasteiger charge is 2.09. The van der Waals surface area contributed by atoms with E-state index in [4.69, 9.17) is 5.73 Å². The summed E-state index contributed by atoms with van der Waals surface area (Å²) in [6, 6.07) is 13.1. The maximum Gasteiger partial charge on any atom is 0.175 e. The third-order valence-electron chi connectivity index (χ3n) is 3.37. The third kappa shape index (κ3) is 3.98. The Balaban J connectivity index is 2.09. The number of sulfone groups is 1. The van der Waals surface area contributed by atoms with Gasteiger partial charge in [-0.2, -0.15) is 0 Å². The highest BCUT2D eigenvalue weighted by Crippen LogP contribution is 2.23. The van der Waals surface area contributed by atoms with Gasteiger partial charge >= 0.3 is 0 Å². The van der Waals surface area contributed by atoms with Gasteiger partial charge in [0.2, 0.25) is 0 Å². The summed E-state index contributed by atoms with van der Waals surface area (Å²) in [5.41, 5.74) is 9.53. The Hall–Kier alpha value is -2.01. The first-order valence-corrected chi connectivity index (χ1v) is 8.70. The molecular formula is C16H20N2O2S. The van der Waals surface area contributed by atoms with Gasteiger partial charge in [-0.15, -0.1) is 0 Å². The van der Waals surface area contributed by atoms with Gasteiger partial charge in [-0.1, -0.05) is 31.2 Å². The molecule has 5 heteroatoms. The van der Waals surface area contributed by atoms with Gasteiger partial charge in [0.05, 0.1) is 16.3 Å². The van der Waals surface area contributed by atoms with Crippen molar-refractivity contribution in [3.63, 3.8) is 0 Å². The minimum atomic E-state index is -3.22. The number of nitrogens with one attached hydrogen (secondary N) is 1. The molecule has 0 bridgehead atoms. The van der Waals surface area contributed by atoms with Gasteiger partial charge in [-0.05, 0) is 35.7 Å². The molecular weight excluding hydrogens is 284 g/mol. The zero-order chi connectivity index (χ0) is 15.5. The lowest BCUT2D eigenvalue weighted by Gasteiger charge is -2.11. The Morgan fingerprint density at radius 1 is 1.05 bits per heavy atom. The minimum Gasteiger partial charge on any atom is -0.397 e. The molecule has 0 aliphatic rings. The van der Waals surface area contributed by atoms with Crippen LogP contribution in [0.5, 0.6) is 0 Å². The Labute approximate surface area is 125 Å². The summed E-state index contributed by atoms with van der Waals surface area (Å²) in [5, 5.41) is 3.23. The van der Waals surface area contributed by atoms with Crippen LogP contribution in [0.4, 0.5) is 11.4 Å². The van der Waals surface area contributed by atoms with Crippen LogP contribution in [0.3, 0.4) is 0 Å². The summed E-state index contributed by atoms with van der Waals surface area (Å²) in [6.45, 7) is 2.77. The predicted octanol–water partition coefficient (Wildman–Crippen LogP) is 2.85. The molecule has 0 aliphatic carbocycles. The van der Waals surface area contributed by atoms with Crippen LogP contribution in [-0.2, 0) is 22.8 Å². The lowest BCUT2D eigenvalue weighted by molar-refractivity contribution is 0.602. The van der Waals surface area contributed by atoms with E-state index >= 15 is 0 Å². The number of benzene rings is 2. The Morgan fingerprint density at radius 2 is 1.67 bits per heavy atom. The van der Waals surface area contributed by atoms with E-state index in [2.05, 4.69) is 36.5 Å². The van der Waals surface area contributed by atoms with E-state index in [1.54, 1.807) is 12.1 Å². The summed E-state index contributed by atoms with van der Waals surface area (Å²) in [4.78, 5) is 0.234. The van der Waals surface area contributed by atoms with Crippen LogP contribution < -0.4 is 11.1 Å². The average molecular weight is 304 g/mol. The average Bonchev–Trinajstić information content (AvgIpc) is 2.45. The smallest absolute Gasteiger partial charge is 0.175 e. The summed E-state index contributed by atoms with van der Waals surface area (Å²) in [5.74, 6) is 0. The fourth-order valence-electron chi connectivity index (χ4n) is 2.02. The lowest BCUT2D eigenvalue weighted by atomic mass is 10.1. The van der Waals surface area contributed by atoms with E-state index in [9.17, 15) is 8.42 Å². The monoisotopic (exact) mass is 304 g/mol. The number of nitrogens with two attached hydrogens (primary N) is 1. The molecule has 0 spiro atoms. The molecule has 0 unspecified atom stereocenters. The Bertz CT molecular complexity index is 722. The molecule has 0 aliphatic heterocycles. The number of anilines is 2. The minimum absolute atomic E-state index is 0.234.